The number of halogens is 2. The van der Waals surface area contributed by atoms with Crippen LogP contribution in [0.25, 0.3) is 0 Å². The van der Waals surface area contributed by atoms with Gasteiger partial charge in [0.05, 0.1) is 17.2 Å². The van der Waals surface area contributed by atoms with Gasteiger partial charge in [0.1, 0.15) is 5.82 Å². The zero-order valence-corrected chi connectivity index (χ0v) is 6.55. The Kier molecular flexibility index (Phi) is 2.70. The molecule has 1 rings (SSSR count). The molecule has 0 saturated carbocycles. The molecule has 0 aliphatic rings. The SMILES string of the molecule is N#Cc1ccc(F)c(C(=O)CF)c1. The Morgan fingerprint density at radius 3 is 2.77 bits per heavy atom. The summed E-state index contributed by atoms with van der Waals surface area (Å²) in [5.41, 5.74) is -0.236. The molecule has 0 bridgehead atoms. The van der Waals surface area contributed by atoms with Gasteiger partial charge in [-0.3, -0.25) is 4.79 Å². The van der Waals surface area contributed by atoms with Crippen molar-refractivity contribution >= 4 is 5.78 Å². The van der Waals surface area contributed by atoms with E-state index in [-0.39, 0.29) is 11.1 Å². The van der Waals surface area contributed by atoms with Crippen molar-refractivity contribution < 1.29 is 13.6 Å². The highest BCUT2D eigenvalue weighted by Crippen LogP contribution is 2.10. The second-order valence-corrected chi connectivity index (χ2v) is 2.36. The van der Waals surface area contributed by atoms with Crippen LogP contribution in [0.15, 0.2) is 18.2 Å². The summed E-state index contributed by atoms with van der Waals surface area (Å²) < 4.78 is 24.7. The van der Waals surface area contributed by atoms with Crippen molar-refractivity contribution in [3.05, 3.63) is 35.1 Å². The molecule has 0 amide bonds. The Labute approximate surface area is 73.4 Å². The molecule has 0 atom stereocenters. The van der Waals surface area contributed by atoms with Crippen LogP contribution >= 0.6 is 0 Å². The molecule has 0 aliphatic carbocycles. The topological polar surface area (TPSA) is 40.9 Å². The summed E-state index contributed by atoms with van der Waals surface area (Å²) >= 11 is 0. The molecule has 13 heavy (non-hydrogen) atoms. The molecule has 0 unspecified atom stereocenters. The Morgan fingerprint density at radius 1 is 1.54 bits per heavy atom. The lowest BCUT2D eigenvalue weighted by Gasteiger charge is -1.98. The van der Waals surface area contributed by atoms with Gasteiger partial charge in [0.15, 0.2) is 12.5 Å². The van der Waals surface area contributed by atoms with E-state index in [4.69, 9.17) is 5.26 Å². The average Bonchev–Trinajstić information content (AvgIpc) is 2.17. The Bertz CT molecular complexity index is 382. The first-order valence-corrected chi connectivity index (χ1v) is 3.48. The molecule has 0 aliphatic heterocycles. The lowest BCUT2D eigenvalue weighted by Crippen LogP contribution is -2.04. The number of rotatable bonds is 2. The van der Waals surface area contributed by atoms with Gasteiger partial charge in [0.25, 0.3) is 0 Å². The van der Waals surface area contributed by atoms with Crippen molar-refractivity contribution in [2.45, 2.75) is 0 Å². The third-order valence-corrected chi connectivity index (χ3v) is 1.52. The first-order chi connectivity index (χ1) is 6.19. The van der Waals surface area contributed by atoms with Crippen LogP contribution in [0.1, 0.15) is 15.9 Å². The molecule has 0 heterocycles. The minimum atomic E-state index is -1.26. The number of carbonyl (C=O) groups excluding carboxylic acids is 1. The predicted octanol–water partition coefficient (Wildman–Crippen LogP) is 1.85. The fourth-order valence-corrected chi connectivity index (χ4v) is 0.880. The van der Waals surface area contributed by atoms with Crippen LogP contribution in [0.5, 0.6) is 0 Å². The Balaban J connectivity index is 3.20. The van der Waals surface area contributed by atoms with Gasteiger partial charge in [0.2, 0.25) is 0 Å². The summed E-state index contributed by atoms with van der Waals surface area (Å²) in [5.74, 6) is -1.75. The summed E-state index contributed by atoms with van der Waals surface area (Å²) in [4.78, 5) is 10.8. The van der Waals surface area contributed by atoms with Crippen LogP contribution in [0.4, 0.5) is 8.78 Å². The number of hydrogen-bond donors (Lipinski definition) is 0. The number of nitrogens with zero attached hydrogens (tertiary/aromatic N) is 1. The van der Waals surface area contributed by atoms with E-state index in [9.17, 15) is 13.6 Å². The number of nitriles is 1. The summed E-state index contributed by atoms with van der Waals surface area (Å²) in [6, 6.07) is 4.97. The molecule has 2 nitrogen and oxygen atoms in total. The molecule has 4 heteroatoms. The fraction of sp³-hybridized carbons (Fsp3) is 0.111. The highest BCUT2D eigenvalue weighted by molar-refractivity contribution is 5.97. The van der Waals surface area contributed by atoms with E-state index in [2.05, 4.69) is 0 Å². The summed E-state index contributed by atoms with van der Waals surface area (Å²) in [5, 5.41) is 8.43. The number of Topliss-reactive ketones (excluding diaryl/α,β-unsaturated/α-hetero) is 1. The number of hydrogen-bond acceptors (Lipinski definition) is 2. The number of alkyl halides is 1. The average molecular weight is 181 g/mol. The van der Waals surface area contributed by atoms with E-state index < -0.39 is 18.3 Å². The third kappa shape index (κ3) is 1.88. The van der Waals surface area contributed by atoms with Crippen molar-refractivity contribution in [3.63, 3.8) is 0 Å². The zero-order chi connectivity index (χ0) is 9.84. The van der Waals surface area contributed by atoms with Gasteiger partial charge < -0.3 is 0 Å². The van der Waals surface area contributed by atoms with Crippen molar-refractivity contribution in [3.8, 4) is 6.07 Å². The van der Waals surface area contributed by atoms with E-state index in [0.29, 0.717) is 0 Å². The van der Waals surface area contributed by atoms with Crippen LogP contribution in [0, 0.1) is 17.1 Å². The predicted molar refractivity (Wildman–Crippen MR) is 41.4 cm³/mol. The van der Waals surface area contributed by atoms with E-state index in [1.165, 1.54) is 6.07 Å². The van der Waals surface area contributed by atoms with Gasteiger partial charge in [-0.1, -0.05) is 0 Å². The van der Waals surface area contributed by atoms with Gasteiger partial charge in [-0.2, -0.15) is 5.26 Å². The van der Waals surface area contributed by atoms with Crippen molar-refractivity contribution in [2.24, 2.45) is 0 Å². The molecule has 66 valence electrons. The van der Waals surface area contributed by atoms with Gasteiger partial charge in [-0.15, -0.1) is 0 Å². The van der Waals surface area contributed by atoms with Gasteiger partial charge in [-0.25, -0.2) is 8.78 Å². The molecular formula is C9H5F2NO. The van der Waals surface area contributed by atoms with Crippen molar-refractivity contribution in [2.75, 3.05) is 6.67 Å². The second-order valence-electron chi connectivity index (χ2n) is 2.36. The first-order valence-electron chi connectivity index (χ1n) is 3.48. The molecule has 1 aromatic carbocycles. The van der Waals surface area contributed by atoms with Crippen LogP contribution in [0.2, 0.25) is 0 Å². The minimum absolute atomic E-state index is 0.137. The van der Waals surface area contributed by atoms with Crippen molar-refractivity contribution in [1.29, 1.82) is 5.26 Å². The normalized spacial score (nSPS) is 9.31. The van der Waals surface area contributed by atoms with E-state index in [0.717, 1.165) is 12.1 Å². The Morgan fingerprint density at radius 2 is 2.23 bits per heavy atom. The molecule has 0 aromatic heterocycles. The standard InChI is InChI=1S/C9H5F2NO/c10-4-9(13)7-3-6(5-12)1-2-8(7)11/h1-3H,4H2. The Hall–Kier alpha value is -1.76. The highest BCUT2D eigenvalue weighted by Gasteiger charge is 2.11. The zero-order valence-electron chi connectivity index (χ0n) is 6.55. The minimum Gasteiger partial charge on any atom is -0.291 e. The van der Waals surface area contributed by atoms with E-state index in [1.807, 2.05) is 0 Å². The second kappa shape index (κ2) is 3.76. The molecule has 0 spiro atoms. The van der Waals surface area contributed by atoms with E-state index in [1.54, 1.807) is 6.07 Å². The maximum absolute atomic E-state index is 12.8. The first kappa shape index (κ1) is 9.33. The van der Waals surface area contributed by atoms with Crippen LogP contribution in [-0.4, -0.2) is 12.5 Å². The van der Waals surface area contributed by atoms with Crippen LogP contribution in [-0.2, 0) is 0 Å². The number of ketones is 1. The smallest absolute Gasteiger partial charge is 0.196 e. The quantitative estimate of drug-likeness (QED) is 0.653. The largest absolute Gasteiger partial charge is 0.291 e. The van der Waals surface area contributed by atoms with Crippen LogP contribution < -0.4 is 0 Å². The number of benzene rings is 1. The van der Waals surface area contributed by atoms with E-state index >= 15 is 0 Å². The van der Waals surface area contributed by atoms with Gasteiger partial charge in [-0.05, 0) is 18.2 Å². The van der Waals surface area contributed by atoms with Crippen molar-refractivity contribution in [1.82, 2.24) is 0 Å². The summed E-state index contributed by atoms with van der Waals surface area (Å²) in [6.07, 6.45) is 0. The van der Waals surface area contributed by atoms with Gasteiger partial charge >= 0.3 is 0 Å². The monoisotopic (exact) mass is 181 g/mol. The third-order valence-electron chi connectivity index (χ3n) is 1.52. The maximum Gasteiger partial charge on any atom is 0.196 e. The van der Waals surface area contributed by atoms with Gasteiger partial charge in [0, 0.05) is 0 Å². The number of carbonyl (C=O) groups is 1. The highest BCUT2D eigenvalue weighted by atomic mass is 19.1. The molecular weight excluding hydrogens is 176 g/mol. The maximum atomic E-state index is 12.8. The molecule has 0 fully saturated rings. The van der Waals surface area contributed by atoms with Crippen LogP contribution in [0.3, 0.4) is 0 Å². The molecule has 0 N–H and O–H groups in total. The molecule has 1 aromatic rings. The summed E-state index contributed by atoms with van der Waals surface area (Å²) in [6.45, 7) is -1.26. The molecule has 0 saturated heterocycles. The lowest BCUT2D eigenvalue weighted by atomic mass is 10.1. The fourth-order valence-electron chi connectivity index (χ4n) is 0.880. The summed E-state index contributed by atoms with van der Waals surface area (Å²) in [7, 11) is 0. The lowest BCUT2D eigenvalue weighted by molar-refractivity contribution is 0.0954. The molecule has 0 radical (unpaired) electrons.